The van der Waals surface area contributed by atoms with Gasteiger partial charge in [-0.2, -0.15) is 5.10 Å². The Balaban J connectivity index is 2.05. The molecule has 0 bridgehead atoms. The number of halogens is 1. The SMILES string of the molecule is N=C(N)c1cc(-c2nccs2)n(Cc2ccccc2F)n1. The summed E-state index contributed by atoms with van der Waals surface area (Å²) in [5.41, 5.74) is 7.09. The lowest BCUT2D eigenvalue weighted by atomic mass is 10.2. The predicted octanol–water partition coefficient (Wildman–Crippen LogP) is 2.48. The average Bonchev–Trinajstić information content (AvgIpc) is 3.10. The molecule has 0 unspecified atom stereocenters. The fraction of sp³-hybridized carbons (Fsp3) is 0.0714. The molecule has 0 saturated carbocycles. The van der Waals surface area contributed by atoms with Crippen LogP contribution in [0, 0.1) is 11.2 Å². The summed E-state index contributed by atoms with van der Waals surface area (Å²) in [5.74, 6) is -0.414. The van der Waals surface area contributed by atoms with Crippen molar-refractivity contribution >= 4 is 17.2 Å². The minimum Gasteiger partial charge on any atom is -0.382 e. The minimum absolute atomic E-state index is 0.125. The van der Waals surface area contributed by atoms with Crippen molar-refractivity contribution in [3.63, 3.8) is 0 Å². The molecule has 0 radical (unpaired) electrons. The smallest absolute Gasteiger partial charge is 0.143 e. The van der Waals surface area contributed by atoms with Gasteiger partial charge in [0.05, 0.1) is 12.2 Å². The Hall–Kier alpha value is -2.54. The number of thiazole rings is 1. The molecule has 3 rings (SSSR count). The van der Waals surface area contributed by atoms with E-state index in [1.807, 2.05) is 5.38 Å². The Kier molecular flexibility index (Phi) is 3.49. The van der Waals surface area contributed by atoms with Crippen molar-refractivity contribution in [1.29, 1.82) is 5.41 Å². The second-order valence-electron chi connectivity index (χ2n) is 4.41. The van der Waals surface area contributed by atoms with Crippen LogP contribution in [0.15, 0.2) is 41.9 Å². The molecule has 21 heavy (non-hydrogen) atoms. The quantitative estimate of drug-likeness (QED) is 0.574. The zero-order valence-corrected chi connectivity index (χ0v) is 11.8. The summed E-state index contributed by atoms with van der Waals surface area (Å²) in [6.07, 6.45) is 1.69. The van der Waals surface area contributed by atoms with Gasteiger partial charge in [-0.05, 0) is 12.1 Å². The molecule has 0 spiro atoms. The first-order valence-electron chi connectivity index (χ1n) is 6.20. The van der Waals surface area contributed by atoms with Crippen LogP contribution in [0.2, 0.25) is 0 Å². The van der Waals surface area contributed by atoms with Gasteiger partial charge in [-0.25, -0.2) is 9.37 Å². The lowest BCUT2D eigenvalue weighted by Crippen LogP contribution is -2.13. The first-order chi connectivity index (χ1) is 10.1. The Morgan fingerprint density at radius 2 is 2.19 bits per heavy atom. The van der Waals surface area contributed by atoms with E-state index in [0.29, 0.717) is 11.3 Å². The molecular formula is C14H12FN5S. The van der Waals surface area contributed by atoms with Gasteiger partial charge in [-0.15, -0.1) is 11.3 Å². The van der Waals surface area contributed by atoms with Crippen molar-refractivity contribution in [3.05, 3.63) is 59.0 Å². The van der Waals surface area contributed by atoms with Crippen LogP contribution < -0.4 is 5.73 Å². The van der Waals surface area contributed by atoms with Crippen LogP contribution in [-0.4, -0.2) is 20.6 Å². The lowest BCUT2D eigenvalue weighted by molar-refractivity contribution is 0.586. The molecule has 1 aromatic carbocycles. The number of nitrogens with two attached hydrogens (primary N) is 1. The number of hydrogen-bond acceptors (Lipinski definition) is 4. The second kappa shape index (κ2) is 5.45. The Morgan fingerprint density at radius 1 is 1.38 bits per heavy atom. The fourth-order valence-electron chi connectivity index (χ4n) is 1.98. The number of benzene rings is 1. The van der Waals surface area contributed by atoms with Crippen molar-refractivity contribution < 1.29 is 4.39 Å². The number of nitrogen functional groups attached to an aromatic ring is 1. The third-order valence-electron chi connectivity index (χ3n) is 2.99. The van der Waals surface area contributed by atoms with E-state index in [2.05, 4.69) is 10.1 Å². The third kappa shape index (κ3) is 2.68. The summed E-state index contributed by atoms with van der Waals surface area (Å²) in [7, 11) is 0. The average molecular weight is 301 g/mol. The molecule has 0 atom stereocenters. The summed E-state index contributed by atoms with van der Waals surface area (Å²) < 4.78 is 15.4. The maximum Gasteiger partial charge on any atom is 0.143 e. The molecule has 3 N–H and O–H groups in total. The van der Waals surface area contributed by atoms with Gasteiger partial charge >= 0.3 is 0 Å². The molecule has 2 heterocycles. The van der Waals surface area contributed by atoms with Gasteiger partial charge in [0.1, 0.15) is 22.4 Å². The van der Waals surface area contributed by atoms with Gasteiger partial charge < -0.3 is 5.73 Å². The van der Waals surface area contributed by atoms with Crippen LogP contribution in [0.25, 0.3) is 10.7 Å². The Labute approximate surface area is 124 Å². The number of hydrogen-bond donors (Lipinski definition) is 2. The minimum atomic E-state index is -0.289. The molecule has 0 saturated heterocycles. The van der Waals surface area contributed by atoms with E-state index in [9.17, 15) is 4.39 Å². The second-order valence-corrected chi connectivity index (χ2v) is 5.31. The molecule has 0 aliphatic rings. The number of rotatable bonds is 4. The van der Waals surface area contributed by atoms with E-state index in [-0.39, 0.29) is 18.2 Å². The summed E-state index contributed by atoms with van der Waals surface area (Å²) in [4.78, 5) is 4.24. The van der Waals surface area contributed by atoms with Gasteiger partial charge in [-0.3, -0.25) is 10.1 Å². The highest BCUT2D eigenvalue weighted by atomic mass is 32.1. The summed E-state index contributed by atoms with van der Waals surface area (Å²) in [6, 6.07) is 8.23. The summed E-state index contributed by atoms with van der Waals surface area (Å²) in [6.45, 7) is 0.259. The molecule has 0 aliphatic heterocycles. The molecule has 106 valence electrons. The van der Waals surface area contributed by atoms with Gasteiger partial charge in [0.25, 0.3) is 0 Å². The van der Waals surface area contributed by atoms with E-state index in [1.54, 1.807) is 35.1 Å². The molecule has 3 aromatic rings. The third-order valence-corrected chi connectivity index (χ3v) is 3.78. The van der Waals surface area contributed by atoms with Crippen molar-refractivity contribution in [2.75, 3.05) is 0 Å². The summed E-state index contributed by atoms with van der Waals surface area (Å²) in [5, 5.41) is 14.4. The lowest BCUT2D eigenvalue weighted by Gasteiger charge is -2.06. The highest BCUT2D eigenvalue weighted by Gasteiger charge is 2.15. The van der Waals surface area contributed by atoms with Crippen molar-refractivity contribution in [2.24, 2.45) is 5.73 Å². The van der Waals surface area contributed by atoms with Crippen LogP contribution in [0.5, 0.6) is 0 Å². The van der Waals surface area contributed by atoms with E-state index in [4.69, 9.17) is 11.1 Å². The van der Waals surface area contributed by atoms with E-state index < -0.39 is 0 Å². The molecule has 2 aromatic heterocycles. The fourth-order valence-corrected chi connectivity index (χ4v) is 2.64. The number of amidine groups is 1. The first kappa shape index (κ1) is 13.4. The molecule has 0 amide bonds. The summed E-state index contributed by atoms with van der Waals surface area (Å²) >= 11 is 1.45. The monoisotopic (exact) mass is 301 g/mol. The van der Waals surface area contributed by atoms with Gasteiger partial charge in [0.15, 0.2) is 0 Å². The topological polar surface area (TPSA) is 80.6 Å². The van der Waals surface area contributed by atoms with Crippen LogP contribution in [0.1, 0.15) is 11.3 Å². The molecule has 0 aliphatic carbocycles. The number of aromatic nitrogens is 3. The molecule has 0 fully saturated rings. The van der Waals surface area contributed by atoms with E-state index in [0.717, 1.165) is 10.7 Å². The Bertz CT molecular complexity index is 779. The first-order valence-corrected chi connectivity index (χ1v) is 7.08. The van der Waals surface area contributed by atoms with Crippen LogP contribution in [0.3, 0.4) is 0 Å². The van der Waals surface area contributed by atoms with E-state index in [1.165, 1.54) is 17.4 Å². The normalized spacial score (nSPS) is 10.7. The highest BCUT2D eigenvalue weighted by Crippen LogP contribution is 2.24. The number of nitrogens with one attached hydrogen (secondary N) is 1. The highest BCUT2D eigenvalue weighted by molar-refractivity contribution is 7.13. The Morgan fingerprint density at radius 3 is 2.86 bits per heavy atom. The van der Waals surface area contributed by atoms with Crippen molar-refractivity contribution in [1.82, 2.24) is 14.8 Å². The number of nitrogens with zero attached hydrogens (tertiary/aromatic N) is 3. The standard InChI is InChI=1S/C14H12FN5S/c15-10-4-2-1-3-9(10)8-20-12(14-18-5-6-21-14)7-11(19-20)13(16)17/h1-7H,8H2,(H3,16,17). The van der Waals surface area contributed by atoms with Gasteiger partial charge in [0, 0.05) is 17.1 Å². The van der Waals surface area contributed by atoms with Crippen molar-refractivity contribution in [3.8, 4) is 10.7 Å². The van der Waals surface area contributed by atoms with Crippen molar-refractivity contribution in [2.45, 2.75) is 6.54 Å². The maximum atomic E-state index is 13.8. The van der Waals surface area contributed by atoms with Crippen LogP contribution >= 0.6 is 11.3 Å². The van der Waals surface area contributed by atoms with Crippen LogP contribution in [0.4, 0.5) is 4.39 Å². The largest absolute Gasteiger partial charge is 0.382 e. The van der Waals surface area contributed by atoms with Gasteiger partial charge in [-0.1, -0.05) is 18.2 Å². The maximum absolute atomic E-state index is 13.8. The molecule has 5 nitrogen and oxygen atoms in total. The molecule has 7 heteroatoms. The van der Waals surface area contributed by atoms with Crippen LogP contribution in [-0.2, 0) is 6.54 Å². The van der Waals surface area contributed by atoms with Gasteiger partial charge in [0.2, 0.25) is 0 Å². The van der Waals surface area contributed by atoms with E-state index >= 15 is 0 Å². The zero-order chi connectivity index (χ0) is 14.8. The zero-order valence-electron chi connectivity index (χ0n) is 11.0. The molecular weight excluding hydrogens is 289 g/mol. The predicted molar refractivity (Wildman–Crippen MR) is 79.9 cm³/mol.